The molecule has 0 radical (unpaired) electrons. The number of imidazole rings is 1. The fraction of sp³-hybridized carbons (Fsp3) is 0.192. The smallest absolute Gasteiger partial charge is 0.271 e. The number of aromatic nitrogens is 3. The summed E-state index contributed by atoms with van der Waals surface area (Å²) >= 11 is 0. The molecule has 2 aromatic carbocycles. The van der Waals surface area contributed by atoms with Crippen LogP contribution < -0.4 is 21.1 Å². The van der Waals surface area contributed by atoms with Gasteiger partial charge in [-0.1, -0.05) is 24.3 Å². The number of para-hydroxylation sites is 1. The summed E-state index contributed by atoms with van der Waals surface area (Å²) in [5.41, 5.74) is 11.1. The number of carbonyl (C=O) groups is 1. The summed E-state index contributed by atoms with van der Waals surface area (Å²) < 4.78 is 7.96. The minimum Gasteiger partial charge on any atom is -0.457 e. The number of aryl methyl sites for hydroxylation is 2. The molecule has 5 rings (SSSR count). The van der Waals surface area contributed by atoms with Crippen LogP contribution in [0.25, 0.3) is 0 Å². The molecule has 1 aliphatic heterocycles. The zero-order valence-corrected chi connectivity index (χ0v) is 19.1. The van der Waals surface area contributed by atoms with E-state index in [0.29, 0.717) is 31.1 Å². The Hall–Kier alpha value is -4.33. The van der Waals surface area contributed by atoms with Gasteiger partial charge >= 0.3 is 0 Å². The van der Waals surface area contributed by atoms with E-state index in [0.717, 1.165) is 45.4 Å². The van der Waals surface area contributed by atoms with Crippen LogP contribution in [0.1, 0.15) is 38.7 Å². The van der Waals surface area contributed by atoms with E-state index in [1.54, 1.807) is 6.20 Å². The number of ether oxygens (including phenoxy) is 1. The molecule has 2 aromatic heterocycles. The third kappa shape index (κ3) is 4.43. The van der Waals surface area contributed by atoms with Gasteiger partial charge in [0.1, 0.15) is 28.8 Å². The molecule has 0 atom stereocenters. The number of rotatable bonds is 5. The molecule has 0 saturated carbocycles. The van der Waals surface area contributed by atoms with Crippen LogP contribution in [0.3, 0.4) is 0 Å². The molecule has 0 fully saturated rings. The molecular formula is C26H26N6O2. The summed E-state index contributed by atoms with van der Waals surface area (Å²) in [6.07, 6.45) is 1.80. The summed E-state index contributed by atoms with van der Waals surface area (Å²) in [7, 11) is 0. The van der Waals surface area contributed by atoms with Crippen LogP contribution in [0.2, 0.25) is 0 Å². The minimum absolute atomic E-state index is 0.219. The highest BCUT2D eigenvalue weighted by molar-refractivity contribution is 5.92. The monoisotopic (exact) mass is 454 g/mol. The fourth-order valence-electron chi connectivity index (χ4n) is 4.16. The van der Waals surface area contributed by atoms with Gasteiger partial charge in [-0.15, -0.1) is 0 Å². The molecule has 8 nitrogen and oxygen atoms in total. The number of benzene rings is 2. The molecule has 0 aliphatic carbocycles. The molecule has 0 unspecified atom stereocenters. The first kappa shape index (κ1) is 21.5. The van der Waals surface area contributed by atoms with E-state index in [1.165, 1.54) is 0 Å². The quantitative estimate of drug-likeness (QED) is 0.418. The Kier molecular flexibility index (Phi) is 5.63. The van der Waals surface area contributed by atoms with Gasteiger partial charge < -0.3 is 25.7 Å². The summed E-state index contributed by atoms with van der Waals surface area (Å²) in [6, 6.07) is 17.5. The molecular weight excluding hydrogens is 428 g/mol. The highest BCUT2D eigenvalue weighted by Gasteiger charge is 2.19. The first-order chi connectivity index (χ1) is 16.5. The van der Waals surface area contributed by atoms with Crippen LogP contribution in [0.4, 0.5) is 11.5 Å². The number of nitrogen functional groups attached to an aromatic ring is 1. The predicted molar refractivity (Wildman–Crippen MR) is 131 cm³/mol. The van der Waals surface area contributed by atoms with E-state index in [-0.39, 0.29) is 5.91 Å². The van der Waals surface area contributed by atoms with Crippen LogP contribution in [0.15, 0.2) is 60.8 Å². The SMILES string of the molecule is Cc1cc(N)nc(C)c1CNC(=O)c1cn2c(n1)CNc1cc(Oc3ccccc3)ccc1C2. The third-order valence-electron chi connectivity index (χ3n) is 5.93. The topological polar surface area (TPSA) is 107 Å². The van der Waals surface area contributed by atoms with Crippen molar-refractivity contribution in [2.24, 2.45) is 0 Å². The van der Waals surface area contributed by atoms with Crippen molar-refractivity contribution in [2.75, 3.05) is 11.1 Å². The lowest BCUT2D eigenvalue weighted by Gasteiger charge is -2.11. The normalized spacial score (nSPS) is 12.2. The number of hydrogen-bond acceptors (Lipinski definition) is 6. The zero-order chi connectivity index (χ0) is 23.7. The molecule has 1 aliphatic rings. The second-order valence-electron chi connectivity index (χ2n) is 8.37. The molecule has 8 heteroatoms. The lowest BCUT2D eigenvalue weighted by molar-refractivity contribution is 0.0946. The van der Waals surface area contributed by atoms with Crippen LogP contribution in [0, 0.1) is 13.8 Å². The standard InChI is InChI=1S/C26H26N6O2/c1-16-10-24(27)30-17(2)21(16)12-29-26(33)23-15-32-14-18-8-9-20(34-19-6-4-3-5-7-19)11-22(18)28-13-25(32)31-23/h3-11,15,28H,12-14H2,1-2H3,(H2,27,30)(H,29,33). The van der Waals surface area contributed by atoms with Gasteiger partial charge in [0.05, 0.1) is 13.1 Å². The van der Waals surface area contributed by atoms with Crippen LogP contribution in [0.5, 0.6) is 11.5 Å². The lowest BCUT2D eigenvalue weighted by Crippen LogP contribution is -2.24. The Labute approximate surface area is 197 Å². The Bertz CT molecular complexity index is 1340. The Morgan fingerprint density at radius 2 is 1.94 bits per heavy atom. The average molecular weight is 455 g/mol. The van der Waals surface area contributed by atoms with Crippen LogP contribution in [-0.2, 0) is 19.6 Å². The van der Waals surface area contributed by atoms with Gasteiger partial charge in [0, 0.05) is 30.2 Å². The van der Waals surface area contributed by atoms with Crippen molar-refractivity contribution in [2.45, 2.75) is 33.5 Å². The molecule has 0 spiro atoms. The second kappa shape index (κ2) is 8.90. The van der Waals surface area contributed by atoms with Crippen molar-refractivity contribution in [1.82, 2.24) is 19.9 Å². The number of pyridine rings is 1. The van der Waals surface area contributed by atoms with Crippen molar-refractivity contribution >= 4 is 17.4 Å². The van der Waals surface area contributed by atoms with Gasteiger partial charge in [0.25, 0.3) is 5.91 Å². The van der Waals surface area contributed by atoms with E-state index >= 15 is 0 Å². The van der Waals surface area contributed by atoms with Crippen LogP contribution >= 0.6 is 0 Å². The Balaban J connectivity index is 1.29. The van der Waals surface area contributed by atoms with E-state index in [4.69, 9.17) is 10.5 Å². The van der Waals surface area contributed by atoms with Crippen molar-refractivity contribution in [3.05, 3.63) is 94.7 Å². The third-order valence-corrected chi connectivity index (χ3v) is 5.93. The number of amides is 1. The zero-order valence-electron chi connectivity index (χ0n) is 19.1. The Morgan fingerprint density at radius 3 is 2.74 bits per heavy atom. The number of carbonyl (C=O) groups excluding carboxylic acids is 1. The van der Waals surface area contributed by atoms with Gasteiger partial charge in [-0.2, -0.15) is 0 Å². The van der Waals surface area contributed by atoms with Crippen molar-refractivity contribution < 1.29 is 9.53 Å². The molecule has 0 bridgehead atoms. The second-order valence-corrected chi connectivity index (χ2v) is 8.37. The maximum absolute atomic E-state index is 12.8. The number of nitrogens with two attached hydrogens (primary N) is 1. The van der Waals surface area contributed by atoms with Gasteiger partial charge in [-0.05, 0) is 54.8 Å². The molecule has 1 amide bonds. The van der Waals surface area contributed by atoms with Crippen molar-refractivity contribution in [3.8, 4) is 11.5 Å². The van der Waals surface area contributed by atoms with Crippen molar-refractivity contribution in [1.29, 1.82) is 0 Å². The molecule has 34 heavy (non-hydrogen) atoms. The highest BCUT2D eigenvalue weighted by atomic mass is 16.5. The first-order valence-corrected chi connectivity index (χ1v) is 11.1. The summed E-state index contributed by atoms with van der Waals surface area (Å²) in [6.45, 7) is 5.35. The first-order valence-electron chi connectivity index (χ1n) is 11.1. The molecule has 3 heterocycles. The fourth-order valence-corrected chi connectivity index (χ4v) is 4.16. The number of hydrogen-bond donors (Lipinski definition) is 3. The van der Waals surface area contributed by atoms with Gasteiger partial charge in [-0.3, -0.25) is 4.79 Å². The summed E-state index contributed by atoms with van der Waals surface area (Å²) in [4.78, 5) is 21.7. The maximum Gasteiger partial charge on any atom is 0.271 e. The summed E-state index contributed by atoms with van der Waals surface area (Å²) in [5, 5.41) is 6.38. The van der Waals surface area contributed by atoms with Crippen molar-refractivity contribution in [3.63, 3.8) is 0 Å². The Morgan fingerprint density at radius 1 is 1.12 bits per heavy atom. The predicted octanol–water partition coefficient (Wildman–Crippen LogP) is 4.17. The number of fused-ring (bicyclic) bond motifs is 2. The lowest BCUT2D eigenvalue weighted by atomic mass is 10.1. The van der Waals surface area contributed by atoms with Gasteiger partial charge in [-0.25, -0.2) is 9.97 Å². The number of anilines is 2. The van der Waals surface area contributed by atoms with E-state index < -0.39 is 0 Å². The molecule has 4 N–H and O–H groups in total. The summed E-state index contributed by atoms with van der Waals surface area (Å²) in [5.74, 6) is 2.62. The average Bonchev–Trinajstić information content (AvgIpc) is 3.13. The minimum atomic E-state index is -0.219. The van der Waals surface area contributed by atoms with Gasteiger partial charge in [0.15, 0.2) is 0 Å². The number of nitrogens with zero attached hydrogens (tertiary/aromatic N) is 3. The van der Waals surface area contributed by atoms with E-state index in [1.807, 2.05) is 73.0 Å². The highest BCUT2D eigenvalue weighted by Crippen LogP contribution is 2.29. The molecule has 4 aromatic rings. The maximum atomic E-state index is 12.8. The van der Waals surface area contributed by atoms with Gasteiger partial charge in [0.2, 0.25) is 0 Å². The molecule has 0 saturated heterocycles. The molecule has 172 valence electrons. The number of nitrogens with one attached hydrogen (secondary N) is 2. The van der Waals surface area contributed by atoms with Crippen LogP contribution in [-0.4, -0.2) is 20.4 Å². The van der Waals surface area contributed by atoms with E-state index in [9.17, 15) is 4.79 Å². The largest absolute Gasteiger partial charge is 0.457 e. The van der Waals surface area contributed by atoms with E-state index in [2.05, 4.69) is 20.6 Å².